The summed E-state index contributed by atoms with van der Waals surface area (Å²) in [5.74, 6) is 1.58. The summed E-state index contributed by atoms with van der Waals surface area (Å²) in [5, 5.41) is 7.09. The summed E-state index contributed by atoms with van der Waals surface area (Å²) in [7, 11) is 6.41. The number of fused-ring (bicyclic) bond motifs is 3. The van der Waals surface area contributed by atoms with E-state index in [1.54, 1.807) is 0 Å². The first kappa shape index (κ1) is 22.0. The van der Waals surface area contributed by atoms with Gasteiger partial charge in [0.05, 0.1) is 16.7 Å². The van der Waals surface area contributed by atoms with Crippen LogP contribution < -0.4 is 10.6 Å². The third-order valence-electron chi connectivity index (χ3n) is 5.61. The van der Waals surface area contributed by atoms with Crippen molar-refractivity contribution in [3.05, 3.63) is 46.7 Å². The molecule has 1 aliphatic heterocycles. The summed E-state index contributed by atoms with van der Waals surface area (Å²) in [6.45, 7) is 5.87. The van der Waals surface area contributed by atoms with Gasteiger partial charge < -0.3 is 25.0 Å². The van der Waals surface area contributed by atoms with Crippen molar-refractivity contribution in [2.75, 3.05) is 58.0 Å². The van der Waals surface area contributed by atoms with Gasteiger partial charge in [-0.3, -0.25) is 0 Å². The SMILES string of the molecule is CN(C)CC1CNc2nc3ccc(NCCCN(C)Cc4cccc(Br)n4)cc3n2C1. The Morgan fingerprint density at radius 3 is 2.87 bits per heavy atom. The number of hydrogen-bond donors (Lipinski definition) is 2. The minimum atomic E-state index is 0.590. The lowest BCUT2D eigenvalue weighted by atomic mass is 10.1. The number of nitrogens with zero attached hydrogens (tertiary/aromatic N) is 5. The maximum Gasteiger partial charge on any atom is 0.203 e. The fourth-order valence-electron chi connectivity index (χ4n) is 4.23. The van der Waals surface area contributed by atoms with Gasteiger partial charge >= 0.3 is 0 Å². The molecular formula is C23H32BrN7. The molecule has 166 valence electrons. The maximum atomic E-state index is 4.77. The van der Waals surface area contributed by atoms with Crippen molar-refractivity contribution in [3.63, 3.8) is 0 Å². The van der Waals surface area contributed by atoms with Crippen LogP contribution in [-0.2, 0) is 13.1 Å². The van der Waals surface area contributed by atoms with E-state index in [1.807, 2.05) is 12.1 Å². The van der Waals surface area contributed by atoms with Gasteiger partial charge in [0.15, 0.2) is 0 Å². The lowest BCUT2D eigenvalue weighted by Crippen LogP contribution is -2.34. The summed E-state index contributed by atoms with van der Waals surface area (Å²) in [4.78, 5) is 13.8. The van der Waals surface area contributed by atoms with Gasteiger partial charge in [-0.2, -0.15) is 0 Å². The van der Waals surface area contributed by atoms with Crippen LogP contribution in [0.2, 0.25) is 0 Å². The molecule has 0 fully saturated rings. The minimum absolute atomic E-state index is 0.590. The molecule has 2 N–H and O–H groups in total. The number of aromatic nitrogens is 3. The van der Waals surface area contributed by atoms with Crippen LogP contribution in [0.4, 0.5) is 11.6 Å². The van der Waals surface area contributed by atoms with Crippen LogP contribution in [0, 0.1) is 5.92 Å². The van der Waals surface area contributed by atoms with Crippen LogP contribution in [0.3, 0.4) is 0 Å². The molecule has 0 radical (unpaired) electrons. The van der Waals surface area contributed by atoms with Gasteiger partial charge in [0.1, 0.15) is 4.60 Å². The Labute approximate surface area is 193 Å². The number of hydrogen-bond acceptors (Lipinski definition) is 6. The van der Waals surface area contributed by atoms with E-state index in [0.29, 0.717) is 5.92 Å². The molecule has 4 rings (SSSR count). The highest BCUT2D eigenvalue weighted by Crippen LogP contribution is 2.27. The van der Waals surface area contributed by atoms with Gasteiger partial charge in [0.25, 0.3) is 0 Å². The highest BCUT2D eigenvalue weighted by Gasteiger charge is 2.22. The molecule has 1 unspecified atom stereocenters. The van der Waals surface area contributed by atoms with E-state index in [1.165, 1.54) is 5.52 Å². The Kier molecular flexibility index (Phi) is 7.09. The molecule has 31 heavy (non-hydrogen) atoms. The third kappa shape index (κ3) is 5.75. The molecule has 0 saturated heterocycles. The Hall–Kier alpha value is -2.16. The molecule has 1 aliphatic rings. The largest absolute Gasteiger partial charge is 0.385 e. The minimum Gasteiger partial charge on any atom is -0.385 e. The summed E-state index contributed by atoms with van der Waals surface area (Å²) in [5.41, 5.74) is 4.50. The molecule has 0 saturated carbocycles. The monoisotopic (exact) mass is 485 g/mol. The lowest BCUT2D eigenvalue weighted by molar-refractivity contribution is 0.302. The first-order valence-electron chi connectivity index (χ1n) is 10.9. The van der Waals surface area contributed by atoms with Crippen molar-refractivity contribution >= 4 is 38.6 Å². The van der Waals surface area contributed by atoms with E-state index >= 15 is 0 Å². The quantitative estimate of drug-likeness (QED) is 0.355. The molecule has 1 aromatic carbocycles. The van der Waals surface area contributed by atoms with Crippen LogP contribution in [0.25, 0.3) is 11.0 Å². The molecule has 3 aromatic rings. The number of nitrogens with one attached hydrogen (secondary N) is 2. The van der Waals surface area contributed by atoms with Gasteiger partial charge in [-0.15, -0.1) is 0 Å². The molecule has 1 atom stereocenters. The second-order valence-corrected chi connectivity index (χ2v) is 9.54. The predicted molar refractivity (Wildman–Crippen MR) is 132 cm³/mol. The topological polar surface area (TPSA) is 61.2 Å². The van der Waals surface area contributed by atoms with E-state index in [0.717, 1.165) is 73.1 Å². The van der Waals surface area contributed by atoms with Gasteiger partial charge in [-0.05, 0) is 80.4 Å². The van der Waals surface area contributed by atoms with Crippen molar-refractivity contribution in [3.8, 4) is 0 Å². The highest BCUT2D eigenvalue weighted by atomic mass is 79.9. The van der Waals surface area contributed by atoms with Crippen molar-refractivity contribution in [2.45, 2.75) is 19.5 Å². The third-order valence-corrected chi connectivity index (χ3v) is 6.05. The van der Waals surface area contributed by atoms with E-state index in [4.69, 9.17) is 4.98 Å². The fourth-order valence-corrected chi connectivity index (χ4v) is 4.61. The predicted octanol–water partition coefficient (Wildman–Crippen LogP) is 3.73. The van der Waals surface area contributed by atoms with Crippen LogP contribution in [0.5, 0.6) is 0 Å². The summed E-state index contributed by atoms with van der Waals surface area (Å²) in [6, 6.07) is 12.6. The smallest absolute Gasteiger partial charge is 0.203 e. The van der Waals surface area contributed by atoms with E-state index < -0.39 is 0 Å². The number of rotatable bonds is 9. The van der Waals surface area contributed by atoms with Crippen molar-refractivity contribution in [1.29, 1.82) is 0 Å². The normalized spacial score (nSPS) is 16.0. The lowest BCUT2D eigenvalue weighted by Gasteiger charge is -2.27. The fraction of sp³-hybridized carbons (Fsp3) is 0.478. The van der Waals surface area contributed by atoms with E-state index in [-0.39, 0.29) is 0 Å². The molecule has 3 heterocycles. The molecule has 8 heteroatoms. The van der Waals surface area contributed by atoms with Crippen molar-refractivity contribution in [1.82, 2.24) is 24.3 Å². The van der Waals surface area contributed by atoms with Gasteiger partial charge in [0, 0.05) is 44.3 Å². The summed E-state index contributed by atoms with van der Waals surface area (Å²) >= 11 is 3.44. The van der Waals surface area contributed by atoms with Crippen LogP contribution in [0.15, 0.2) is 41.0 Å². The van der Waals surface area contributed by atoms with Crippen LogP contribution in [-0.4, -0.2) is 71.7 Å². The Bertz CT molecular complexity index is 1020. The Morgan fingerprint density at radius 2 is 2.06 bits per heavy atom. The maximum absolute atomic E-state index is 4.77. The number of halogens is 1. The number of imidazole rings is 1. The molecule has 2 aromatic heterocycles. The standard InChI is InChI=1S/C23H32BrN7/c1-29(2)14-17-13-26-23-28-20-9-8-18(12-21(20)31(23)15-17)25-10-5-11-30(3)16-19-6-4-7-22(24)27-19/h4,6-9,12,17,25H,5,10-11,13-16H2,1-3H3,(H,26,28). The molecule has 0 spiro atoms. The number of pyridine rings is 1. The zero-order valence-electron chi connectivity index (χ0n) is 18.6. The molecule has 0 aliphatic carbocycles. The number of benzene rings is 1. The van der Waals surface area contributed by atoms with Crippen LogP contribution in [0.1, 0.15) is 12.1 Å². The van der Waals surface area contributed by atoms with E-state index in [2.05, 4.69) is 91.3 Å². The summed E-state index contributed by atoms with van der Waals surface area (Å²) < 4.78 is 3.22. The molecule has 0 amide bonds. The number of anilines is 2. The average Bonchev–Trinajstić information content (AvgIpc) is 3.08. The zero-order chi connectivity index (χ0) is 21.8. The molecule has 0 bridgehead atoms. The van der Waals surface area contributed by atoms with E-state index in [9.17, 15) is 0 Å². The van der Waals surface area contributed by atoms with Gasteiger partial charge in [0.2, 0.25) is 5.95 Å². The Morgan fingerprint density at radius 1 is 1.19 bits per heavy atom. The molecular weight excluding hydrogens is 454 g/mol. The van der Waals surface area contributed by atoms with Crippen molar-refractivity contribution in [2.24, 2.45) is 5.92 Å². The van der Waals surface area contributed by atoms with Crippen LogP contribution >= 0.6 is 15.9 Å². The first-order valence-corrected chi connectivity index (χ1v) is 11.7. The molecule has 7 nitrogen and oxygen atoms in total. The second kappa shape index (κ2) is 9.97. The Balaban J connectivity index is 1.31. The second-order valence-electron chi connectivity index (χ2n) is 8.73. The highest BCUT2D eigenvalue weighted by molar-refractivity contribution is 9.10. The first-order chi connectivity index (χ1) is 15.0. The average molecular weight is 486 g/mol. The van der Waals surface area contributed by atoms with Gasteiger partial charge in [-0.25, -0.2) is 9.97 Å². The summed E-state index contributed by atoms with van der Waals surface area (Å²) in [6.07, 6.45) is 1.07. The zero-order valence-corrected chi connectivity index (χ0v) is 20.2. The van der Waals surface area contributed by atoms with Crippen molar-refractivity contribution < 1.29 is 0 Å². The van der Waals surface area contributed by atoms with Gasteiger partial charge in [-0.1, -0.05) is 6.07 Å².